The molecule has 0 saturated carbocycles. The number of ketones is 1. The fourth-order valence-corrected chi connectivity index (χ4v) is 3.83. The Morgan fingerprint density at radius 2 is 1.79 bits per heavy atom. The Labute approximate surface area is 165 Å². The zero-order chi connectivity index (χ0) is 19.6. The van der Waals surface area contributed by atoms with Gasteiger partial charge < -0.3 is 4.74 Å². The van der Waals surface area contributed by atoms with E-state index in [4.69, 9.17) is 10.00 Å². The van der Waals surface area contributed by atoms with Crippen LogP contribution in [0.25, 0.3) is 11.1 Å². The predicted molar refractivity (Wildman–Crippen MR) is 109 cm³/mol. The largest absolute Gasteiger partial charge is 0.486 e. The van der Waals surface area contributed by atoms with Crippen LogP contribution in [0.4, 0.5) is 0 Å². The van der Waals surface area contributed by atoms with Crippen molar-refractivity contribution >= 4 is 5.78 Å². The van der Waals surface area contributed by atoms with Gasteiger partial charge in [0.1, 0.15) is 11.4 Å². The summed E-state index contributed by atoms with van der Waals surface area (Å²) < 4.78 is 6.41. The van der Waals surface area contributed by atoms with Crippen LogP contribution in [0.3, 0.4) is 0 Å². The number of fused-ring (bicyclic) bond motifs is 1. The summed E-state index contributed by atoms with van der Waals surface area (Å²) in [4.78, 5) is 13.0. The van der Waals surface area contributed by atoms with Crippen LogP contribution in [-0.4, -0.2) is 11.4 Å². The maximum atomic E-state index is 13.0. The quantitative estimate of drug-likeness (QED) is 0.605. The van der Waals surface area contributed by atoms with Crippen LogP contribution >= 0.6 is 0 Å². The number of carbonyl (C=O) groups excluding carboxylic acids is 1. The molecule has 138 valence electrons. The zero-order valence-electron chi connectivity index (χ0n) is 15.8. The van der Waals surface area contributed by atoms with Crippen molar-refractivity contribution < 1.29 is 9.53 Å². The van der Waals surface area contributed by atoms with Crippen LogP contribution in [0.2, 0.25) is 0 Å². The molecule has 0 aromatic heterocycles. The van der Waals surface area contributed by atoms with Gasteiger partial charge in [-0.25, -0.2) is 0 Å². The average Bonchev–Trinajstić information content (AvgIpc) is 2.74. The van der Waals surface area contributed by atoms with Crippen molar-refractivity contribution in [2.75, 3.05) is 0 Å². The van der Waals surface area contributed by atoms with Gasteiger partial charge in [-0.2, -0.15) is 5.26 Å². The molecule has 4 rings (SSSR count). The van der Waals surface area contributed by atoms with Gasteiger partial charge in [0.15, 0.2) is 5.78 Å². The van der Waals surface area contributed by atoms with Crippen molar-refractivity contribution in [3.05, 3.63) is 89.5 Å². The van der Waals surface area contributed by atoms with Crippen LogP contribution in [0.15, 0.2) is 72.8 Å². The number of nitrogens with zero attached hydrogens (tertiary/aromatic N) is 1. The van der Waals surface area contributed by atoms with Crippen molar-refractivity contribution in [1.29, 1.82) is 5.26 Å². The molecular formula is C25H21NO2. The van der Waals surface area contributed by atoms with Crippen LogP contribution in [0, 0.1) is 11.3 Å². The molecular weight excluding hydrogens is 346 g/mol. The Balaban J connectivity index is 1.67. The zero-order valence-corrected chi connectivity index (χ0v) is 15.8. The summed E-state index contributed by atoms with van der Waals surface area (Å²) in [7, 11) is 0. The van der Waals surface area contributed by atoms with Gasteiger partial charge in [0.2, 0.25) is 0 Å². The van der Waals surface area contributed by atoms with Crippen LogP contribution in [0.5, 0.6) is 5.75 Å². The fraction of sp³-hybridized carbons (Fsp3) is 0.200. The van der Waals surface area contributed by atoms with Gasteiger partial charge in [0.05, 0.1) is 23.6 Å². The summed E-state index contributed by atoms with van der Waals surface area (Å²) in [6.07, 6.45) is 1.84. The molecule has 1 heterocycles. The van der Waals surface area contributed by atoms with E-state index in [1.807, 2.05) is 54.6 Å². The molecule has 3 nitrogen and oxygen atoms in total. The first-order valence-electron chi connectivity index (χ1n) is 9.53. The molecule has 0 radical (unpaired) electrons. The van der Waals surface area contributed by atoms with Gasteiger partial charge >= 0.3 is 0 Å². The third-order valence-electron chi connectivity index (χ3n) is 5.43. The minimum absolute atomic E-state index is 0.109. The van der Waals surface area contributed by atoms with Gasteiger partial charge in [0, 0.05) is 6.42 Å². The molecule has 0 N–H and O–H groups in total. The molecule has 3 aromatic carbocycles. The molecule has 0 fully saturated rings. The van der Waals surface area contributed by atoms with Gasteiger partial charge in [-0.05, 0) is 47.4 Å². The van der Waals surface area contributed by atoms with Crippen LogP contribution in [-0.2, 0) is 6.42 Å². The van der Waals surface area contributed by atoms with Crippen LogP contribution in [0.1, 0.15) is 41.3 Å². The highest BCUT2D eigenvalue weighted by Crippen LogP contribution is 2.39. The van der Waals surface area contributed by atoms with Gasteiger partial charge in [-0.15, -0.1) is 0 Å². The molecule has 1 unspecified atom stereocenters. The lowest BCUT2D eigenvalue weighted by Crippen LogP contribution is -2.43. The normalized spacial score (nSPS) is 18.1. The van der Waals surface area contributed by atoms with Crippen molar-refractivity contribution in [2.24, 2.45) is 0 Å². The molecule has 28 heavy (non-hydrogen) atoms. The fourth-order valence-electron chi connectivity index (χ4n) is 3.83. The SMILES string of the molecule is CCC1(Cc2ccccc2)CC(=O)c2cc(-c3cccc(C#N)c3)ccc2O1. The molecule has 0 spiro atoms. The number of benzene rings is 3. The standard InChI is InChI=1S/C25H21NO2/c1-2-25(15-18-7-4-3-5-8-18)16-23(27)22-14-21(11-12-24(22)28-25)20-10-6-9-19(13-20)17-26/h3-14H,2,15-16H2,1H3. The Kier molecular flexibility index (Phi) is 4.71. The van der Waals surface area contributed by atoms with Crippen molar-refractivity contribution in [2.45, 2.75) is 31.8 Å². The first kappa shape index (κ1) is 18.0. The second kappa shape index (κ2) is 7.32. The Bertz CT molecular complexity index is 1070. The molecule has 0 saturated heterocycles. The van der Waals surface area contributed by atoms with Crippen LogP contribution < -0.4 is 4.74 Å². The third kappa shape index (κ3) is 3.42. The van der Waals surface area contributed by atoms with E-state index >= 15 is 0 Å². The maximum Gasteiger partial charge on any atom is 0.170 e. The van der Waals surface area contributed by atoms with Crippen molar-refractivity contribution in [3.63, 3.8) is 0 Å². The molecule has 0 bridgehead atoms. The van der Waals surface area contributed by atoms with E-state index in [2.05, 4.69) is 25.1 Å². The van der Waals surface area contributed by atoms with Gasteiger partial charge in [-0.1, -0.05) is 55.5 Å². The molecule has 1 atom stereocenters. The van der Waals surface area contributed by atoms with Crippen molar-refractivity contribution in [1.82, 2.24) is 0 Å². The maximum absolute atomic E-state index is 13.0. The summed E-state index contributed by atoms with van der Waals surface area (Å²) in [5, 5.41) is 9.12. The molecule has 1 aliphatic rings. The van der Waals surface area contributed by atoms with E-state index in [1.165, 1.54) is 5.56 Å². The van der Waals surface area contributed by atoms with E-state index in [9.17, 15) is 4.79 Å². The molecule has 3 heteroatoms. The van der Waals surface area contributed by atoms with E-state index in [0.29, 0.717) is 29.7 Å². The highest BCUT2D eigenvalue weighted by Gasteiger charge is 2.39. The molecule has 3 aromatic rings. The topological polar surface area (TPSA) is 50.1 Å². The van der Waals surface area contributed by atoms with E-state index in [0.717, 1.165) is 17.5 Å². The van der Waals surface area contributed by atoms with Gasteiger partial charge in [-0.3, -0.25) is 4.79 Å². The lowest BCUT2D eigenvalue weighted by atomic mass is 9.82. The molecule has 0 amide bonds. The molecule has 1 aliphatic heterocycles. The Morgan fingerprint density at radius 1 is 1.00 bits per heavy atom. The van der Waals surface area contributed by atoms with Crippen molar-refractivity contribution in [3.8, 4) is 22.9 Å². The second-order valence-electron chi connectivity index (χ2n) is 7.30. The Hall–Kier alpha value is -3.38. The smallest absolute Gasteiger partial charge is 0.170 e. The average molecular weight is 367 g/mol. The number of Topliss-reactive ketones (excluding diaryl/α,β-unsaturated/α-hetero) is 1. The summed E-state index contributed by atoms with van der Waals surface area (Å²) in [6, 6.07) is 25.5. The van der Waals surface area contributed by atoms with Gasteiger partial charge in [0.25, 0.3) is 0 Å². The Morgan fingerprint density at radius 3 is 2.54 bits per heavy atom. The summed E-state index contributed by atoms with van der Waals surface area (Å²) in [6.45, 7) is 2.07. The lowest BCUT2D eigenvalue weighted by Gasteiger charge is -2.37. The highest BCUT2D eigenvalue weighted by molar-refractivity contribution is 6.01. The van der Waals surface area contributed by atoms with E-state index in [1.54, 1.807) is 6.07 Å². The first-order chi connectivity index (χ1) is 13.6. The number of rotatable bonds is 4. The minimum Gasteiger partial charge on any atom is -0.486 e. The lowest BCUT2D eigenvalue weighted by molar-refractivity contribution is 0.0379. The molecule has 0 aliphatic carbocycles. The number of ether oxygens (including phenoxy) is 1. The summed E-state index contributed by atoms with van der Waals surface area (Å²) in [5.41, 5.74) is 3.73. The first-order valence-corrected chi connectivity index (χ1v) is 9.53. The monoisotopic (exact) mass is 367 g/mol. The van der Waals surface area contributed by atoms with E-state index < -0.39 is 5.60 Å². The number of hydrogen-bond acceptors (Lipinski definition) is 3. The summed E-state index contributed by atoms with van der Waals surface area (Å²) >= 11 is 0. The number of nitriles is 1. The minimum atomic E-state index is -0.506. The number of carbonyl (C=O) groups is 1. The third-order valence-corrected chi connectivity index (χ3v) is 5.43. The predicted octanol–water partition coefficient (Wildman–Crippen LogP) is 5.58. The number of hydrogen-bond donors (Lipinski definition) is 0. The summed E-state index contributed by atoms with van der Waals surface area (Å²) in [5.74, 6) is 0.756. The highest BCUT2D eigenvalue weighted by atomic mass is 16.5. The van der Waals surface area contributed by atoms with E-state index in [-0.39, 0.29) is 5.78 Å². The second-order valence-corrected chi connectivity index (χ2v) is 7.30.